The third-order valence-electron chi connectivity index (χ3n) is 4.70. The van der Waals surface area contributed by atoms with E-state index in [4.69, 9.17) is 4.74 Å². The Hall–Kier alpha value is -3.02. The van der Waals surface area contributed by atoms with E-state index in [1.807, 2.05) is 19.1 Å². The van der Waals surface area contributed by atoms with Crippen molar-refractivity contribution in [3.63, 3.8) is 0 Å². The molecule has 6 heteroatoms. The van der Waals surface area contributed by atoms with Gasteiger partial charge >= 0.3 is 6.03 Å². The van der Waals surface area contributed by atoms with E-state index in [9.17, 15) is 9.59 Å². The Kier molecular flexibility index (Phi) is 6.89. The molecule has 0 spiro atoms. The number of anilines is 1. The average Bonchev–Trinajstić information content (AvgIpc) is 2.71. The van der Waals surface area contributed by atoms with Crippen molar-refractivity contribution in [2.24, 2.45) is 0 Å². The number of carbonyl (C=O) groups is 2. The van der Waals surface area contributed by atoms with Crippen LogP contribution in [0.15, 0.2) is 48.5 Å². The predicted octanol–water partition coefficient (Wildman–Crippen LogP) is 3.79. The van der Waals surface area contributed by atoms with Crippen molar-refractivity contribution in [2.45, 2.75) is 38.6 Å². The van der Waals surface area contributed by atoms with E-state index in [0.29, 0.717) is 18.0 Å². The topological polar surface area (TPSA) is 79.5 Å². The van der Waals surface area contributed by atoms with Gasteiger partial charge in [0.2, 0.25) is 0 Å². The van der Waals surface area contributed by atoms with Crippen LogP contribution in [0.2, 0.25) is 0 Å². The first-order chi connectivity index (χ1) is 13.7. The molecule has 0 bridgehead atoms. The quantitative estimate of drug-likeness (QED) is 0.683. The summed E-state index contributed by atoms with van der Waals surface area (Å²) < 4.78 is 5.62. The maximum Gasteiger partial charge on any atom is 0.319 e. The van der Waals surface area contributed by atoms with Gasteiger partial charge in [0.1, 0.15) is 5.75 Å². The molecule has 1 unspecified atom stereocenters. The van der Waals surface area contributed by atoms with Gasteiger partial charge in [-0.25, -0.2) is 4.79 Å². The molecule has 0 heterocycles. The maximum absolute atomic E-state index is 12.4. The van der Waals surface area contributed by atoms with Crippen molar-refractivity contribution < 1.29 is 14.3 Å². The number of amides is 3. The average molecular weight is 381 g/mol. The molecular weight excluding hydrogens is 354 g/mol. The summed E-state index contributed by atoms with van der Waals surface area (Å²) in [5, 5.41) is 8.57. The Labute approximate surface area is 165 Å². The van der Waals surface area contributed by atoms with E-state index in [-0.39, 0.29) is 24.6 Å². The summed E-state index contributed by atoms with van der Waals surface area (Å²) in [4.78, 5) is 24.1. The zero-order chi connectivity index (χ0) is 19.8. The van der Waals surface area contributed by atoms with E-state index >= 15 is 0 Å². The van der Waals surface area contributed by atoms with Gasteiger partial charge in [-0.3, -0.25) is 4.79 Å². The lowest BCUT2D eigenvalue weighted by molar-refractivity contribution is -0.123. The molecule has 0 saturated carbocycles. The normalized spacial score (nSPS) is 15.2. The van der Waals surface area contributed by atoms with Crippen LogP contribution in [0.5, 0.6) is 5.75 Å². The van der Waals surface area contributed by atoms with Crippen LogP contribution in [-0.4, -0.2) is 25.1 Å². The summed E-state index contributed by atoms with van der Waals surface area (Å²) in [6.45, 7) is 2.54. The van der Waals surface area contributed by atoms with Gasteiger partial charge in [0, 0.05) is 18.3 Å². The van der Waals surface area contributed by atoms with Crippen molar-refractivity contribution in [1.82, 2.24) is 10.6 Å². The molecule has 28 heavy (non-hydrogen) atoms. The Bertz CT molecular complexity index is 822. The lowest BCUT2D eigenvalue weighted by Gasteiger charge is -2.26. The molecule has 0 radical (unpaired) electrons. The van der Waals surface area contributed by atoms with Gasteiger partial charge in [0.25, 0.3) is 5.91 Å². The monoisotopic (exact) mass is 381 g/mol. The van der Waals surface area contributed by atoms with Gasteiger partial charge in [0.15, 0.2) is 6.61 Å². The molecule has 3 amide bonds. The van der Waals surface area contributed by atoms with Gasteiger partial charge in [-0.2, -0.15) is 0 Å². The Morgan fingerprint density at radius 2 is 2.00 bits per heavy atom. The number of aryl methyl sites for hydroxylation is 1. The summed E-state index contributed by atoms with van der Waals surface area (Å²) >= 11 is 0. The standard InChI is InChI=1S/C22H27N3O3/c1-2-13-23-22(27)24-17-9-6-10-18(14-17)28-15-21(26)25-20-12-5-8-16-7-3-4-11-19(16)20/h3-4,6-7,9-11,14,20H,2,5,8,12-13,15H2,1H3,(H,25,26)(H2,23,24,27). The van der Waals surface area contributed by atoms with Crippen molar-refractivity contribution in [2.75, 3.05) is 18.5 Å². The third-order valence-corrected chi connectivity index (χ3v) is 4.70. The molecule has 3 rings (SSSR count). The Morgan fingerprint density at radius 1 is 1.14 bits per heavy atom. The maximum atomic E-state index is 12.4. The fourth-order valence-corrected chi connectivity index (χ4v) is 3.37. The highest BCUT2D eigenvalue weighted by Gasteiger charge is 2.21. The molecule has 2 aromatic rings. The number of nitrogens with one attached hydrogen (secondary N) is 3. The summed E-state index contributed by atoms with van der Waals surface area (Å²) in [5.41, 5.74) is 3.12. The van der Waals surface area contributed by atoms with Gasteiger partial charge in [0.05, 0.1) is 6.04 Å². The summed E-state index contributed by atoms with van der Waals surface area (Å²) in [7, 11) is 0. The molecule has 0 aromatic heterocycles. The number of hydrogen-bond acceptors (Lipinski definition) is 3. The van der Waals surface area contributed by atoms with E-state index < -0.39 is 0 Å². The van der Waals surface area contributed by atoms with Gasteiger partial charge in [-0.05, 0) is 48.9 Å². The van der Waals surface area contributed by atoms with Gasteiger partial charge in [-0.1, -0.05) is 37.3 Å². The number of ether oxygens (including phenoxy) is 1. The molecule has 1 aliphatic carbocycles. The van der Waals surface area contributed by atoms with Crippen LogP contribution < -0.4 is 20.7 Å². The van der Waals surface area contributed by atoms with Gasteiger partial charge < -0.3 is 20.7 Å². The number of benzene rings is 2. The first-order valence-electron chi connectivity index (χ1n) is 9.80. The summed E-state index contributed by atoms with van der Waals surface area (Å²) in [6.07, 6.45) is 3.94. The van der Waals surface area contributed by atoms with Crippen LogP contribution in [0.25, 0.3) is 0 Å². The van der Waals surface area contributed by atoms with Crippen molar-refractivity contribution in [1.29, 1.82) is 0 Å². The molecule has 148 valence electrons. The minimum absolute atomic E-state index is 0.0383. The number of urea groups is 1. The number of rotatable bonds is 7. The minimum atomic E-state index is -0.257. The molecular formula is C22H27N3O3. The number of hydrogen-bond donors (Lipinski definition) is 3. The van der Waals surface area contributed by atoms with Crippen LogP contribution in [-0.2, 0) is 11.2 Å². The Balaban J connectivity index is 1.51. The van der Waals surface area contributed by atoms with E-state index in [0.717, 1.165) is 25.7 Å². The second-order valence-electron chi connectivity index (χ2n) is 6.91. The van der Waals surface area contributed by atoms with Gasteiger partial charge in [-0.15, -0.1) is 0 Å². The SMILES string of the molecule is CCCNC(=O)Nc1cccc(OCC(=O)NC2CCCc3ccccc32)c1. The summed E-state index contributed by atoms with van der Waals surface area (Å²) in [6, 6.07) is 15.1. The number of fused-ring (bicyclic) bond motifs is 1. The molecule has 6 nitrogen and oxygen atoms in total. The fraction of sp³-hybridized carbons (Fsp3) is 0.364. The van der Waals surface area contributed by atoms with Crippen LogP contribution >= 0.6 is 0 Å². The second-order valence-corrected chi connectivity index (χ2v) is 6.91. The predicted molar refractivity (Wildman–Crippen MR) is 110 cm³/mol. The zero-order valence-corrected chi connectivity index (χ0v) is 16.2. The minimum Gasteiger partial charge on any atom is -0.484 e. The van der Waals surface area contributed by atoms with Crippen LogP contribution in [0.3, 0.4) is 0 Å². The summed E-state index contributed by atoms with van der Waals surface area (Å²) in [5.74, 6) is 0.383. The van der Waals surface area contributed by atoms with Crippen LogP contribution in [0, 0.1) is 0 Å². The molecule has 0 saturated heterocycles. The second kappa shape index (κ2) is 9.78. The zero-order valence-electron chi connectivity index (χ0n) is 16.2. The third kappa shape index (κ3) is 5.49. The van der Waals surface area contributed by atoms with E-state index in [1.54, 1.807) is 24.3 Å². The highest BCUT2D eigenvalue weighted by molar-refractivity contribution is 5.89. The van der Waals surface area contributed by atoms with Crippen molar-refractivity contribution in [3.8, 4) is 5.75 Å². The van der Waals surface area contributed by atoms with Crippen molar-refractivity contribution >= 4 is 17.6 Å². The molecule has 1 atom stereocenters. The largest absolute Gasteiger partial charge is 0.484 e. The first-order valence-corrected chi connectivity index (χ1v) is 9.80. The van der Waals surface area contributed by atoms with Crippen molar-refractivity contribution in [3.05, 3.63) is 59.7 Å². The smallest absolute Gasteiger partial charge is 0.319 e. The molecule has 2 aromatic carbocycles. The molecule has 1 aliphatic rings. The van der Waals surface area contributed by atoms with Crippen LogP contribution in [0.4, 0.5) is 10.5 Å². The fourth-order valence-electron chi connectivity index (χ4n) is 3.37. The molecule has 0 aliphatic heterocycles. The lowest BCUT2D eigenvalue weighted by atomic mass is 9.88. The Morgan fingerprint density at radius 3 is 2.86 bits per heavy atom. The molecule has 3 N–H and O–H groups in total. The molecule has 0 fully saturated rings. The van der Waals surface area contributed by atoms with Crippen LogP contribution in [0.1, 0.15) is 43.4 Å². The van der Waals surface area contributed by atoms with E-state index in [2.05, 4.69) is 28.1 Å². The number of carbonyl (C=O) groups excluding carboxylic acids is 2. The highest BCUT2D eigenvalue weighted by atomic mass is 16.5. The lowest BCUT2D eigenvalue weighted by Crippen LogP contribution is -2.34. The first kappa shape index (κ1) is 19.7. The highest BCUT2D eigenvalue weighted by Crippen LogP contribution is 2.29. The van der Waals surface area contributed by atoms with E-state index in [1.165, 1.54) is 11.1 Å².